The molecule has 112 valence electrons. The third-order valence-electron chi connectivity index (χ3n) is 3.37. The SMILES string of the molecule is CNC(C)(CCOc1ccc(C)cc1OC)C(=O)OC. The maximum absolute atomic E-state index is 11.7. The van der Waals surface area contributed by atoms with Crippen molar-refractivity contribution in [1.29, 1.82) is 0 Å². The van der Waals surface area contributed by atoms with Crippen molar-refractivity contribution in [2.75, 3.05) is 27.9 Å². The first-order valence-electron chi connectivity index (χ1n) is 6.51. The molecule has 0 aliphatic rings. The second kappa shape index (κ2) is 7.14. The van der Waals surface area contributed by atoms with E-state index in [0.717, 1.165) is 5.56 Å². The Kier molecular flexibility index (Phi) is 5.82. The zero-order chi connectivity index (χ0) is 15.2. The molecule has 0 aromatic heterocycles. The second-order valence-electron chi connectivity index (χ2n) is 4.83. The number of esters is 1. The molecule has 5 heteroatoms. The lowest BCUT2D eigenvalue weighted by atomic mass is 9.99. The van der Waals surface area contributed by atoms with E-state index in [2.05, 4.69) is 5.32 Å². The van der Waals surface area contributed by atoms with Crippen LogP contribution < -0.4 is 14.8 Å². The Morgan fingerprint density at radius 2 is 2.00 bits per heavy atom. The molecule has 1 aromatic carbocycles. The van der Waals surface area contributed by atoms with Gasteiger partial charge in [0.25, 0.3) is 0 Å². The number of ether oxygens (including phenoxy) is 3. The van der Waals surface area contributed by atoms with Crippen LogP contribution >= 0.6 is 0 Å². The van der Waals surface area contributed by atoms with E-state index in [0.29, 0.717) is 24.5 Å². The molecule has 0 saturated heterocycles. The molecular formula is C15H23NO4. The Morgan fingerprint density at radius 3 is 2.55 bits per heavy atom. The first-order valence-corrected chi connectivity index (χ1v) is 6.51. The summed E-state index contributed by atoms with van der Waals surface area (Å²) in [5.41, 5.74) is 0.344. The quantitative estimate of drug-likeness (QED) is 0.774. The Labute approximate surface area is 120 Å². The van der Waals surface area contributed by atoms with E-state index in [1.165, 1.54) is 7.11 Å². The van der Waals surface area contributed by atoms with Gasteiger partial charge >= 0.3 is 5.97 Å². The number of aryl methyl sites for hydroxylation is 1. The van der Waals surface area contributed by atoms with E-state index >= 15 is 0 Å². The fourth-order valence-corrected chi connectivity index (χ4v) is 1.81. The van der Waals surface area contributed by atoms with Crippen LogP contribution in [0.25, 0.3) is 0 Å². The van der Waals surface area contributed by atoms with Crippen LogP contribution in [0.3, 0.4) is 0 Å². The molecule has 20 heavy (non-hydrogen) atoms. The summed E-state index contributed by atoms with van der Waals surface area (Å²) in [6.45, 7) is 4.15. The highest BCUT2D eigenvalue weighted by Crippen LogP contribution is 2.28. The summed E-state index contributed by atoms with van der Waals surface area (Å²) in [4.78, 5) is 11.7. The molecule has 0 saturated carbocycles. The van der Waals surface area contributed by atoms with E-state index < -0.39 is 5.54 Å². The molecule has 1 atom stereocenters. The molecule has 0 radical (unpaired) electrons. The van der Waals surface area contributed by atoms with Gasteiger partial charge in [0.1, 0.15) is 5.54 Å². The minimum Gasteiger partial charge on any atom is -0.493 e. The number of benzene rings is 1. The van der Waals surface area contributed by atoms with Gasteiger partial charge in [-0.3, -0.25) is 4.79 Å². The summed E-state index contributed by atoms with van der Waals surface area (Å²) < 4.78 is 15.8. The van der Waals surface area contributed by atoms with Crippen LogP contribution in [0, 0.1) is 6.92 Å². The molecule has 0 aliphatic heterocycles. The fourth-order valence-electron chi connectivity index (χ4n) is 1.81. The molecule has 0 fully saturated rings. The first-order chi connectivity index (χ1) is 9.46. The zero-order valence-corrected chi connectivity index (χ0v) is 12.8. The lowest BCUT2D eigenvalue weighted by Gasteiger charge is -2.26. The van der Waals surface area contributed by atoms with Gasteiger partial charge in [-0.25, -0.2) is 0 Å². The number of rotatable bonds is 7. The third-order valence-corrected chi connectivity index (χ3v) is 3.37. The van der Waals surface area contributed by atoms with Crippen LogP contribution in [-0.4, -0.2) is 39.4 Å². The highest BCUT2D eigenvalue weighted by Gasteiger charge is 2.32. The van der Waals surface area contributed by atoms with E-state index in [4.69, 9.17) is 14.2 Å². The minimum absolute atomic E-state index is 0.306. The molecule has 1 rings (SSSR count). The maximum atomic E-state index is 11.7. The summed E-state index contributed by atoms with van der Waals surface area (Å²) in [7, 11) is 4.71. The van der Waals surface area contributed by atoms with Crippen molar-refractivity contribution >= 4 is 5.97 Å². The van der Waals surface area contributed by atoms with Gasteiger partial charge in [0.05, 0.1) is 20.8 Å². The van der Waals surface area contributed by atoms with Crippen molar-refractivity contribution in [2.45, 2.75) is 25.8 Å². The number of carbonyl (C=O) groups is 1. The molecule has 1 N–H and O–H groups in total. The molecule has 0 amide bonds. The largest absolute Gasteiger partial charge is 0.493 e. The van der Waals surface area contributed by atoms with Gasteiger partial charge in [0.15, 0.2) is 11.5 Å². The summed E-state index contributed by atoms with van der Waals surface area (Å²) in [5, 5.41) is 2.97. The van der Waals surface area contributed by atoms with Crippen LogP contribution in [0.2, 0.25) is 0 Å². The van der Waals surface area contributed by atoms with Crippen LogP contribution in [0.4, 0.5) is 0 Å². The average Bonchev–Trinajstić information content (AvgIpc) is 2.47. The number of hydrogen-bond acceptors (Lipinski definition) is 5. The van der Waals surface area contributed by atoms with Crippen LogP contribution in [-0.2, 0) is 9.53 Å². The van der Waals surface area contributed by atoms with E-state index in [9.17, 15) is 4.79 Å². The minimum atomic E-state index is -0.757. The summed E-state index contributed by atoms with van der Waals surface area (Å²) in [5.74, 6) is 1.05. The number of likely N-dealkylation sites (N-methyl/N-ethyl adjacent to an activating group) is 1. The molecule has 0 aliphatic carbocycles. The second-order valence-corrected chi connectivity index (χ2v) is 4.83. The number of methoxy groups -OCH3 is 2. The van der Waals surface area contributed by atoms with Gasteiger partial charge in [-0.2, -0.15) is 0 Å². The monoisotopic (exact) mass is 281 g/mol. The smallest absolute Gasteiger partial charge is 0.325 e. The van der Waals surface area contributed by atoms with Gasteiger partial charge in [-0.05, 0) is 38.6 Å². The van der Waals surface area contributed by atoms with Gasteiger partial charge in [0.2, 0.25) is 0 Å². The topological polar surface area (TPSA) is 56.8 Å². The predicted octanol–water partition coefficient (Wildman–Crippen LogP) is 1.92. The molecule has 0 heterocycles. The fraction of sp³-hybridized carbons (Fsp3) is 0.533. The Hall–Kier alpha value is -1.75. The Morgan fingerprint density at radius 1 is 1.30 bits per heavy atom. The van der Waals surface area contributed by atoms with Gasteiger partial charge in [0, 0.05) is 6.42 Å². The van der Waals surface area contributed by atoms with E-state index in [1.807, 2.05) is 25.1 Å². The lowest BCUT2D eigenvalue weighted by molar-refractivity contribution is -0.148. The summed E-state index contributed by atoms with van der Waals surface area (Å²) >= 11 is 0. The predicted molar refractivity (Wildman–Crippen MR) is 77.3 cm³/mol. The van der Waals surface area contributed by atoms with Gasteiger partial charge < -0.3 is 19.5 Å². The molecule has 1 unspecified atom stereocenters. The normalized spacial score (nSPS) is 13.4. The van der Waals surface area contributed by atoms with Gasteiger partial charge in [-0.1, -0.05) is 6.07 Å². The molecule has 0 spiro atoms. The van der Waals surface area contributed by atoms with Crippen LogP contribution in [0.1, 0.15) is 18.9 Å². The summed E-state index contributed by atoms with van der Waals surface area (Å²) in [6.07, 6.45) is 0.493. The van der Waals surface area contributed by atoms with Crippen LogP contribution in [0.5, 0.6) is 11.5 Å². The zero-order valence-electron chi connectivity index (χ0n) is 12.8. The molecule has 5 nitrogen and oxygen atoms in total. The molecular weight excluding hydrogens is 258 g/mol. The molecule has 1 aromatic rings. The summed E-state index contributed by atoms with van der Waals surface area (Å²) in [6, 6.07) is 5.73. The van der Waals surface area contributed by atoms with Crippen molar-refractivity contribution in [3.8, 4) is 11.5 Å². The van der Waals surface area contributed by atoms with E-state index in [1.54, 1.807) is 21.1 Å². The standard InChI is InChI=1S/C15H23NO4/c1-11-6-7-12(13(10-11)18-4)20-9-8-15(2,16-3)14(17)19-5/h6-7,10,16H,8-9H2,1-5H3. The van der Waals surface area contributed by atoms with Crippen molar-refractivity contribution in [3.63, 3.8) is 0 Å². The number of hydrogen-bond donors (Lipinski definition) is 1. The number of nitrogens with one attached hydrogen (secondary N) is 1. The highest BCUT2D eigenvalue weighted by molar-refractivity contribution is 5.80. The number of carbonyl (C=O) groups excluding carboxylic acids is 1. The first kappa shape index (κ1) is 16.3. The van der Waals surface area contributed by atoms with Crippen LogP contribution in [0.15, 0.2) is 18.2 Å². The van der Waals surface area contributed by atoms with Crippen molar-refractivity contribution < 1.29 is 19.0 Å². The average molecular weight is 281 g/mol. The van der Waals surface area contributed by atoms with Crippen molar-refractivity contribution in [1.82, 2.24) is 5.32 Å². The van der Waals surface area contributed by atoms with Crippen molar-refractivity contribution in [3.05, 3.63) is 23.8 Å². The molecule has 0 bridgehead atoms. The maximum Gasteiger partial charge on any atom is 0.325 e. The van der Waals surface area contributed by atoms with E-state index in [-0.39, 0.29) is 5.97 Å². The Balaban J connectivity index is 2.66. The van der Waals surface area contributed by atoms with Crippen molar-refractivity contribution in [2.24, 2.45) is 0 Å². The lowest BCUT2D eigenvalue weighted by Crippen LogP contribution is -2.49. The Bertz CT molecular complexity index is 461. The highest BCUT2D eigenvalue weighted by atomic mass is 16.5. The van der Waals surface area contributed by atoms with Gasteiger partial charge in [-0.15, -0.1) is 0 Å². The third kappa shape index (κ3) is 3.87.